The van der Waals surface area contributed by atoms with E-state index in [1.807, 2.05) is 13.8 Å². The molecule has 3 aliphatic heterocycles. The van der Waals surface area contributed by atoms with Crippen LogP contribution in [0.3, 0.4) is 0 Å². The maximum absolute atomic E-state index is 14.4. The van der Waals surface area contributed by atoms with Crippen molar-refractivity contribution >= 4 is 35.1 Å². The third-order valence-corrected chi connectivity index (χ3v) is 8.34. The monoisotopic (exact) mass is 518 g/mol. The largest absolute Gasteiger partial charge is 0.466 e. The van der Waals surface area contributed by atoms with E-state index in [9.17, 15) is 19.5 Å². The van der Waals surface area contributed by atoms with Gasteiger partial charge in [0.05, 0.1) is 37.2 Å². The first-order valence-electron chi connectivity index (χ1n) is 12.7. The van der Waals surface area contributed by atoms with Gasteiger partial charge in [-0.3, -0.25) is 14.4 Å². The summed E-state index contributed by atoms with van der Waals surface area (Å²) in [5, 5.41) is 10.9. The van der Waals surface area contributed by atoms with Crippen molar-refractivity contribution in [3.63, 3.8) is 0 Å². The van der Waals surface area contributed by atoms with Crippen LogP contribution in [0.15, 0.2) is 36.9 Å². The highest BCUT2D eigenvalue weighted by Crippen LogP contribution is 2.59. The van der Waals surface area contributed by atoms with Crippen molar-refractivity contribution in [1.82, 2.24) is 4.90 Å². The molecule has 2 bridgehead atoms. The second kappa shape index (κ2) is 10.5. The molecule has 1 spiro atoms. The Morgan fingerprint density at radius 1 is 1.36 bits per heavy atom. The number of esters is 1. The molecule has 7 atom stereocenters. The molecule has 36 heavy (non-hydrogen) atoms. The van der Waals surface area contributed by atoms with Crippen LogP contribution in [0.2, 0.25) is 5.02 Å². The Labute approximate surface area is 217 Å². The molecule has 1 aromatic rings. The molecule has 3 saturated heterocycles. The van der Waals surface area contributed by atoms with Crippen molar-refractivity contribution in [2.75, 3.05) is 24.7 Å². The van der Waals surface area contributed by atoms with E-state index in [1.54, 1.807) is 42.2 Å². The van der Waals surface area contributed by atoms with Gasteiger partial charge in [-0.2, -0.15) is 0 Å². The summed E-state index contributed by atoms with van der Waals surface area (Å²) in [7, 11) is 0. The molecular weight excluding hydrogens is 484 g/mol. The number of hydrogen-bond acceptors (Lipinski definition) is 6. The Kier molecular flexibility index (Phi) is 7.78. The van der Waals surface area contributed by atoms with Crippen molar-refractivity contribution in [2.45, 2.75) is 63.8 Å². The molecule has 9 heteroatoms. The zero-order valence-corrected chi connectivity index (χ0v) is 21.8. The van der Waals surface area contributed by atoms with E-state index >= 15 is 0 Å². The van der Waals surface area contributed by atoms with E-state index in [2.05, 4.69) is 6.58 Å². The van der Waals surface area contributed by atoms with E-state index in [-0.39, 0.29) is 37.5 Å². The first-order chi connectivity index (χ1) is 17.2. The lowest BCUT2D eigenvalue weighted by Gasteiger charge is -2.40. The van der Waals surface area contributed by atoms with Gasteiger partial charge in [0.2, 0.25) is 5.91 Å². The second-order valence-corrected chi connectivity index (χ2v) is 10.3. The van der Waals surface area contributed by atoms with Gasteiger partial charge in [-0.25, -0.2) is 0 Å². The fourth-order valence-electron chi connectivity index (χ4n) is 6.27. The molecule has 3 heterocycles. The molecule has 3 aliphatic rings. The van der Waals surface area contributed by atoms with E-state index in [0.717, 1.165) is 0 Å². The molecule has 0 radical (unpaired) electrons. The fraction of sp³-hybridized carbons (Fsp3) is 0.593. The van der Waals surface area contributed by atoms with Crippen molar-refractivity contribution in [3.8, 4) is 0 Å². The number of amides is 2. The standard InChI is InChI=1S/C27H35ClN2O6/c1-5-14-29(18-10-8-17(28)9-11-18)25(33)23-27-13-12-20(36-27)21(26(34)35-7-3)22(27)24(32)30(23)19(15-31)16(4)6-2/h5,8-11,16,19-23,31H,1,6-7,12-15H2,2-4H3/t16-,19-,20-,21+,22+,23-,27+/m0/s1. The molecule has 0 saturated carbocycles. The molecule has 0 aromatic heterocycles. The predicted octanol–water partition coefficient (Wildman–Crippen LogP) is 3.20. The smallest absolute Gasteiger partial charge is 0.312 e. The van der Waals surface area contributed by atoms with Gasteiger partial charge in [0.1, 0.15) is 11.6 Å². The number of benzene rings is 1. The molecule has 0 unspecified atom stereocenters. The summed E-state index contributed by atoms with van der Waals surface area (Å²) in [6.45, 7) is 9.56. The van der Waals surface area contributed by atoms with Gasteiger partial charge in [0.25, 0.3) is 5.91 Å². The summed E-state index contributed by atoms with van der Waals surface area (Å²) in [6, 6.07) is 5.28. The van der Waals surface area contributed by atoms with Crippen LogP contribution in [0.5, 0.6) is 0 Å². The predicted molar refractivity (Wildman–Crippen MR) is 135 cm³/mol. The fourth-order valence-corrected chi connectivity index (χ4v) is 6.39. The third-order valence-electron chi connectivity index (χ3n) is 8.09. The number of carbonyl (C=O) groups excluding carboxylic acids is 3. The van der Waals surface area contributed by atoms with Gasteiger partial charge in [0.15, 0.2) is 0 Å². The van der Waals surface area contributed by atoms with E-state index < -0.39 is 41.6 Å². The minimum Gasteiger partial charge on any atom is -0.466 e. The zero-order valence-electron chi connectivity index (χ0n) is 21.1. The van der Waals surface area contributed by atoms with Crippen LogP contribution in [0.25, 0.3) is 0 Å². The summed E-state index contributed by atoms with van der Waals surface area (Å²) >= 11 is 6.08. The Morgan fingerprint density at radius 3 is 2.64 bits per heavy atom. The minimum absolute atomic E-state index is 0.0777. The Bertz CT molecular complexity index is 1020. The minimum atomic E-state index is -1.16. The number of aliphatic hydroxyl groups is 1. The SMILES string of the molecule is C=CCN(C(=O)[C@@H]1N([C@@H](CO)[C@@H](C)CC)C(=O)[C@H]2[C@H](C(=O)OCC)[C@@H]3CC[C@]12O3)c1ccc(Cl)cc1. The molecule has 2 amide bonds. The topological polar surface area (TPSA) is 96.4 Å². The highest BCUT2D eigenvalue weighted by Gasteiger charge is 2.75. The van der Waals surface area contributed by atoms with Crippen molar-refractivity contribution in [2.24, 2.45) is 17.8 Å². The number of halogens is 1. The number of rotatable bonds is 10. The Hall–Kier alpha value is -2.42. The Morgan fingerprint density at radius 2 is 2.06 bits per heavy atom. The number of likely N-dealkylation sites (tertiary alicyclic amines) is 1. The lowest BCUT2D eigenvalue weighted by Crippen LogP contribution is -2.60. The van der Waals surface area contributed by atoms with Crippen LogP contribution in [-0.2, 0) is 23.9 Å². The molecule has 1 N–H and O–H groups in total. The van der Waals surface area contributed by atoms with Gasteiger partial charge in [0, 0.05) is 17.3 Å². The number of hydrogen-bond donors (Lipinski definition) is 1. The highest BCUT2D eigenvalue weighted by atomic mass is 35.5. The molecule has 0 aliphatic carbocycles. The van der Waals surface area contributed by atoms with E-state index in [0.29, 0.717) is 30.0 Å². The number of carbonyl (C=O) groups is 3. The van der Waals surface area contributed by atoms with Crippen LogP contribution in [0, 0.1) is 17.8 Å². The Balaban J connectivity index is 1.83. The van der Waals surface area contributed by atoms with E-state index in [4.69, 9.17) is 21.1 Å². The number of anilines is 1. The van der Waals surface area contributed by atoms with Gasteiger partial charge in [-0.05, 0) is 49.9 Å². The number of nitrogens with zero attached hydrogens (tertiary/aromatic N) is 2. The average Bonchev–Trinajstić information content (AvgIpc) is 3.51. The summed E-state index contributed by atoms with van der Waals surface area (Å²) < 4.78 is 11.8. The van der Waals surface area contributed by atoms with Crippen molar-refractivity contribution in [3.05, 3.63) is 41.9 Å². The summed E-state index contributed by atoms with van der Waals surface area (Å²) in [5.41, 5.74) is -0.557. The van der Waals surface area contributed by atoms with E-state index in [1.165, 1.54) is 4.90 Å². The lowest BCUT2D eigenvalue weighted by atomic mass is 9.70. The molecular formula is C27H35ClN2O6. The first kappa shape index (κ1) is 26.6. The molecule has 8 nitrogen and oxygen atoms in total. The van der Waals surface area contributed by atoms with Crippen molar-refractivity contribution < 1.29 is 29.0 Å². The lowest BCUT2D eigenvalue weighted by molar-refractivity contribution is -0.155. The van der Waals surface area contributed by atoms with Crippen LogP contribution < -0.4 is 4.90 Å². The zero-order chi connectivity index (χ0) is 26.2. The summed E-state index contributed by atoms with van der Waals surface area (Å²) in [5.74, 6) is -2.82. The molecule has 1 aromatic carbocycles. The van der Waals surface area contributed by atoms with Gasteiger partial charge >= 0.3 is 5.97 Å². The van der Waals surface area contributed by atoms with Crippen molar-refractivity contribution in [1.29, 1.82) is 0 Å². The first-order valence-corrected chi connectivity index (χ1v) is 13.1. The maximum Gasteiger partial charge on any atom is 0.312 e. The summed E-state index contributed by atoms with van der Waals surface area (Å²) in [6.07, 6.45) is 2.87. The molecule has 196 valence electrons. The van der Waals surface area contributed by atoms with Gasteiger partial charge in [-0.1, -0.05) is 37.9 Å². The summed E-state index contributed by atoms with van der Waals surface area (Å²) in [4.78, 5) is 44.6. The number of aliphatic hydroxyl groups excluding tert-OH is 1. The highest BCUT2D eigenvalue weighted by molar-refractivity contribution is 6.30. The average molecular weight is 519 g/mol. The quantitative estimate of drug-likeness (QED) is 0.377. The van der Waals surface area contributed by atoms with Gasteiger partial charge < -0.3 is 24.4 Å². The number of fused-ring (bicyclic) bond motifs is 1. The normalized spacial score (nSPS) is 30.1. The second-order valence-electron chi connectivity index (χ2n) is 9.90. The van der Waals surface area contributed by atoms with Gasteiger partial charge in [-0.15, -0.1) is 6.58 Å². The third kappa shape index (κ3) is 4.13. The van der Waals surface area contributed by atoms with Crippen LogP contribution in [-0.4, -0.2) is 71.3 Å². The number of ether oxygens (including phenoxy) is 2. The van der Waals surface area contributed by atoms with Crippen LogP contribution in [0.1, 0.15) is 40.0 Å². The maximum atomic E-state index is 14.4. The van der Waals surface area contributed by atoms with Crippen LogP contribution in [0.4, 0.5) is 5.69 Å². The van der Waals surface area contributed by atoms with Crippen LogP contribution >= 0.6 is 11.6 Å². The molecule has 4 rings (SSSR count). The molecule has 3 fully saturated rings.